The van der Waals surface area contributed by atoms with Crippen molar-refractivity contribution in [2.24, 2.45) is 0 Å². The van der Waals surface area contributed by atoms with E-state index >= 15 is 4.39 Å². The van der Waals surface area contributed by atoms with Crippen LogP contribution in [0.5, 0.6) is 0 Å². The quantitative estimate of drug-likeness (QED) is 0.407. The summed E-state index contributed by atoms with van der Waals surface area (Å²) < 4.78 is 42.5. The van der Waals surface area contributed by atoms with Gasteiger partial charge in [0.05, 0.1) is 17.0 Å². The van der Waals surface area contributed by atoms with E-state index in [9.17, 15) is 18.0 Å². The van der Waals surface area contributed by atoms with Gasteiger partial charge in [-0.3, -0.25) is 19.1 Å². The van der Waals surface area contributed by atoms with E-state index in [0.717, 1.165) is 27.7 Å². The average Bonchev–Trinajstić information content (AvgIpc) is 2.72. The summed E-state index contributed by atoms with van der Waals surface area (Å²) in [6, 6.07) is 12.8. The number of sulfonamides is 1. The van der Waals surface area contributed by atoms with E-state index < -0.39 is 32.5 Å². The molecule has 0 aliphatic heterocycles. The topological polar surface area (TPSA) is 101 Å². The SMILES string of the molecule is CC(C)(C)c1cc(-n2ccc(=O)[nH]c2=O)c(F)c(-c2ccc3cc(NS(C)(=O)=O)ccc3c2)c1Cl. The van der Waals surface area contributed by atoms with Crippen LogP contribution < -0.4 is 16.0 Å². The monoisotopic (exact) mass is 515 g/mol. The molecule has 0 aliphatic carbocycles. The smallest absolute Gasteiger partial charge is 0.284 e. The number of aromatic nitrogens is 2. The van der Waals surface area contributed by atoms with Gasteiger partial charge in [0, 0.05) is 23.5 Å². The number of benzene rings is 3. The Bertz CT molecular complexity index is 1700. The lowest BCUT2D eigenvalue weighted by atomic mass is 9.84. The number of anilines is 1. The minimum absolute atomic E-state index is 0.0385. The fraction of sp³-hybridized carbons (Fsp3) is 0.200. The molecule has 0 spiro atoms. The van der Waals surface area contributed by atoms with Crippen LogP contribution in [0.1, 0.15) is 26.3 Å². The molecule has 0 amide bonds. The number of nitrogens with zero attached hydrogens (tertiary/aromatic N) is 1. The van der Waals surface area contributed by atoms with E-state index in [-0.39, 0.29) is 16.3 Å². The highest BCUT2D eigenvalue weighted by molar-refractivity contribution is 7.92. The molecule has 182 valence electrons. The van der Waals surface area contributed by atoms with Gasteiger partial charge < -0.3 is 0 Å². The van der Waals surface area contributed by atoms with Gasteiger partial charge in [-0.1, -0.05) is 50.6 Å². The lowest BCUT2D eigenvalue weighted by Crippen LogP contribution is -2.28. The summed E-state index contributed by atoms with van der Waals surface area (Å²) in [5, 5.41) is 1.69. The summed E-state index contributed by atoms with van der Waals surface area (Å²) in [6.45, 7) is 5.77. The van der Waals surface area contributed by atoms with Crippen molar-refractivity contribution in [1.82, 2.24) is 9.55 Å². The maximum absolute atomic E-state index is 16.0. The number of aromatic amines is 1. The molecule has 0 saturated heterocycles. The Morgan fingerprint density at radius 1 is 1.00 bits per heavy atom. The molecule has 0 fully saturated rings. The van der Waals surface area contributed by atoms with Gasteiger partial charge in [-0.05, 0) is 51.6 Å². The average molecular weight is 516 g/mol. The van der Waals surface area contributed by atoms with Crippen LogP contribution >= 0.6 is 11.6 Å². The first-order valence-corrected chi connectivity index (χ1v) is 12.9. The summed E-state index contributed by atoms with van der Waals surface area (Å²) in [6.07, 6.45) is 2.29. The fourth-order valence-electron chi connectivity index (χ4n) is 3.88. The van der Waals surface area contributed by atoms with Gasteiger partial charge >= 0.3 is 5.69 Å². The number of rotatable bonds is 4. The molecule has 2 N–H and O–H groups in total. The largest absolute Gasteiger partial charge is 0.333 e. The molecule has 0 atom stereocenters. The van der Waals surface area contributed by atoms with Gasteiger partial charge in [-0.25, -0.2) is 17.6 Å². The van der Waals surface area contributed by atoms with Crippen LogP contribution in [0.4, 0.5) is 10.1 Å². The summed E-state index contributed by atoms with van der Waals surface area (Å²) in [5.41, 5.74) is -0.249. The number of fused-ring (bicyclic) bond motifs is 1. The number of halogens is 2. The molecule has 4 rings (SSSR count). The lowest BCUT2D eigenvalue weighted by Gasteiger charge is -2.25. The Labute approximate surface area is 206 Å². The zero-order chi connectivity index (χ0) is 25.7. The van der Waals surface area contributed by atoms with Crippen LogP contribution in [-0.4, -0.2) is 24.2 Å². The fourth-order valence-corrected chi connectivity index (χ4v) is 4.97. The molecular weight excluding hydrogens is 493 g/mol. The second kappa shape index (κ2) is 8.66. The molecule has 10 heteroatoms. The predicted molar refractivity (Wildman–Crippen MR) is 138 cm³/mol. The highest BCUT2D eigenvalue weighted by Gasteiger charge is 2.26. The van der Waals surface area contributed by atoms with Crippen molar-refractivity contribution in [2.75, 3.05) is 11.0 Å². The summed E-state index contributed by atoms with van der Waals surface area (Å²) >= 11 is 6.74. The molecule has 4 aromatic rings. The maximum Gasteiger partial charge on any atom is 0.333 e. The standard InChI is InChI=1S/C25H23ClFN3O4S/c1-25(2,3)18-13-19(30-10-9-20(31)28-24(30)32)23(27)21(22(18)26)16-6-5-15-12-17(29-35(4,33)34)8-7-14(15)11-16/h5-13,29H,1-4H3,(H,28,31,32). The third kappa shape index (κ3) is 5.01. The summed E-state index contributed by atoms with van der Waals surface area (Å²) in [4.78, 5) is 26.1. The molecule has 0 aliphatic rings. The highest BCUT2D eigenvalue weighted by atomic mass is 35.5. The van der Waals surface area contributed by atoms with Gasteiger partial charge in [0.1, 0.15) is 0 Å². The third-order valence-corrected chi connectivity index (χ3v) is 6.50. The van der Waals surface area contributed by atoms with E-state index in [1.165, 1.54) is 12.3 Å². The Balaban J connectivity index is 1.97. The number of H-pyrrole nitrogens is 1. The molecular formula is C25H23ClFN3O4S. The predicted octanol–water partition coefficient (Wildman–Crippen LogP) is 4.81. The lowest BCUT2D eigenvalue weighted by molar-refractivity contribution is 0.580. The number of hydrogen-bond donors (Lipinski definition) is 2. The zero-order valence-electron chi connectivity index (χ0n) is 19.4. The van der Waals surface area contributed by atoms with Gasteiger partial charge in [0.25, 0.3) is 5.56 Å². The van der Waals surface area contributed by atoms with Crippen LogP contribution in [0.3, 0.4) is 0 Å². The highest BCUT2D eigenvalue weighted by Crippen LogP contribution is 2.41. The molecule has 0 saturated carbocycles. The van der Waals surface area contributed by atoms with Crippen molar-refractivity contribution in [3.05, 3.63) is 92.0 Å². The van der Waals surface area contributed by atoms with Crippen molar-refractivity contribution in [2.45, 2.75) is 26.2 Å². The minimum atomic E-state index is -3.43. The first kappa shape index (κ1) is 24.7. The van der Waals surface area contributed by atoms with Crippen LogP contribution in [0, 0.1) is 5.82 Å². The van der Waals surface area contributed by atoms with E-state index in [1.54, 1.807) is 36.4 Å². The Morgan fingerprint density at radius 2 is 1.66 bits per heavy atom. The van der Waals surface area contributed by atoms with E-state index in [2.05, 4.69) is 9.71 Å². The van der Waals surface area contributed by atoms with Gasteiger partial charge in [-0.15, -0.1) is 0 Å². The van der Waals surface area contributed by atoms with E-state index in [1.807, 2.05) is 20.8 Å². The molecule has 1 aromatic heterocycles. The first-order chi connectivity index (χ1) is 16.2. The van der Waals surface area contributed by atoms with Crippen molar-refractivity contribution in [3.63, 3.8) is 0 Å². The van der Waals surface area contributed by atoms with Gasteiger partial charge in [-0.2, -0.15) is 0 Å². The van der Waals surface area contributed by atoms with Crippen LogP contribution in [-0.2, 0) is 15.4 Å². The van der Waals surface area contributed by atoms with Gasteiger partial charge in [0.2, 0.25) is 10.0 Å². The summed E-state index contributed by atoms with van der Waals surface area (Å²) in [5.74, 6) is -0.716. The molecule has 35 heavy (non-hydrogen) atoms. The molecule has 0 radical (unpaired) electrons. The Morgan fingerprint density at radius 3 is 2.29 bits per heavy atom. The maximum atomic E-state index is 16.0. The van der Waals surface area contributed by atoms with Crippen molar-refractivity contribution in [1.29, 1.82) is 0 Å². The van der Waals surface area contributed by atoms with Gasteiger partial charge in [0.15, 0.2) is 5.82 Å². The second-order valence-corrected chi connectivity index (χ2v) is 11.5. The van der Waals surface area contributed by atoms with E-state index in [4.69, 9.17) is 11.6 Å². The van der Waals surface area contributed by atoms with E-state index in [0.29, 0.717) is 16.8 Å². The van der Waals surface area contributed by atoms with Crippen molar-refractivity contribution >= 4 is 38.1 Å². The van der Waals surface area contributed by atoms with Crippen LogP contribution in [0.25, 0.3) is 27.6 Å². The molecule has 1 heterocycles. The zero-order valence-corrected chi connectivity index (χ0v) is 21.0. The van der Waals surface area contributed by atoms with Crippen molar-refractivity contribution in [3.8, 4) is 16.8 Å². The van der Waals surface area contributed by atoms with Crippen molar-refractivity contribution < 1.29 is 12.8 Å². The number of hydrogen-bond acceptors (Lipinski definition) is 4. The Hall–Kier alpha value is -3.43. The molecule has 7 nitrogen and oxygen atoms in total. The summed E-state index contributed by atoms with van der Waals surface area (Å²) in [7, 11) is -3.43. The number of nitrogens with one attached hydrogen (secondary N) is 2. The molecule has 3 aromatic carbocycles. The van der Waals surface area contributed by atoms with Crippen LogP contribution in [0.15, 0.2) is 64.3 Å². The third-order valence-electron chi connectivity index (χ3n) is 5.51. The molecule has 0 unspecified atom stereocenters. The first-order valence-electron chi connectivity index (χ1n) is 10.6. The molecule has 0 bridgehead atoms. The minimum Gasteiger partial charge on any atom is -0.284 e. The second-order valence-electron chi connectivity index (χ2n) is 9.33. The normalized spacial score (nSPS) is 12.2. The van der Waals surface area contributed by atoms with Crippen LogP contribution in [0.2, 0.25) is 5.02 Å². The Kier molecular flexibility index (Phi) is 6.11.